The molecule has 4 heteroatoms. The summed E-state index contributed by atoms with van der Waals surface area (Å²) >= 11 is 0. The number of carbonyl (C=O) groups is 2. The fraction of sp³-hybridized carbons (Fsp3) is 0.400. The Hall–Kier alpha value is -2.36. The summed E-state index contributed by atoms with van der Waals surface area (Å²) in [7, 11) is 0. The van der Waals surface area contributed by atoms with Gasteiger partial charge >= 0.3 is 11.9 Å². The number of hydrogen-bond donors (Lipinski definition) is 2. The fourth-order valence-corrected chi connectivity index (χ4v) is 2.86. The Bertz CT molecular complexity index is 583. The van der Waals surface area contributed by atoms with Crippen LogP contribution in [0.2, 0.25) is 0 Å². The van der Waals surface area contributed by atoms with E-state index in [1.807, 2.05) is 24.3 Å². The Morgan fingerprint density at radius 1 is 0.958 bits per heavy atom. The summed E-state index contributed by atoms with van der Waals surface area (Å²) in [5.74, 6) is -1.73. The van der Waals surface area contributed by atoms with E-state index in [0.717, 1.165) is 11.1 Å². The normalized spacial score (nSPS) is 15.8. The van der Waals surface area contributed by atoms with Gasteiger partial charge in [-0.15, -0.1) is 13.2 Å². The molecule has 0 fully saturated rings. The molecular weight excluding hydrogens is 304 g/mol. The number of allylic oxidation sites excluding steroid dienone is 2. The maximum atomic E-state index is 11.6. The first-order valence-corrected chi connectivity index (χ1v) is 7.93. The van der Waals surface area contributed by atoms with Gasteiger partial charge in [0.05, 0.1) is 10.8 Å². The number of carboxylic acids is 2. The van der Waals surface area contributed by atoms with Crippen molar-refractivity contribution in [2.75, 3.05) is 0 Å². The highest BCUT2D eigenvalue weighted by atomic mass is 16.4. The van der Waals surface area contributed by atoms with Crippen LogP contribution in [0.15, 0.2) is 49.6 Å². The van der Waals surface area contributed by atoms with Crippen LogP contribution in [0.25, 0.3) is 0 Å². The predicted molar refractivity (Wildman–Crippen MR) is 95.0 cm³/mol. The van der Waals surface area contributed by atoms with Crippen LogP contribution in [0.1, 0.15) is 37.8 Å². The van der Waals surface area contributed by atoms with Crippen LogP contribution in [0.4, 0.5) is 0 Å². The van der Waals surface area contributed by atoms with E-state index in [1.165, 1.54) is 0 Å². The molecule has 0 aliphatic heterocycles. The molecule has 1 rings (SSSR count). The Labute approximate surface area is 143 Å². The molecule has 24 heavy (non-hydrogen) atoms. The smallest absolute Gasteiger partial charge is 0.310 e. The maximum absolute atomic E-state index is 11.6. The third-order valence-corrected chi connectivity index (χ3v) is 4.40. The first kappa shape index (κ1) is 19.7. The molecule has 1 aromatic carbocycles. The lowest BCUT2D eigenvalue weighted by atomic mass is 9.78. The second-order valence-corrected chi connectivity index (χ2v) is 6.89. The summed E-state index contributed by atoms with van der Waals surface area (Å²) < 4.78 is 0. The van der Waals surface area contributed by atoms with Gasteiger partial charge in [0.25, 0.3) is 0 Å². The fourth-order valence-electron chi connectivity index (χ4n) is 2.86. The zero-order chi connectivity index (χ0) is 18.4. The van der Waals surface area contributed by atoms with Crippen LogP contribution in [-0.4, -0.2) is 22.2 Å². The maximum Gasteiger partial charge on any atom is 0.310 e. The average Bonchev–Trinajstić information content (AvgIpc) is 2.47. The zero-order valence-electron chi connectivity index (χ0n) is 14.4. The van der Waals surface area contributed by atoms with Gasteiger partial charge in [0.15, 0.2) is 0 Å². The monoisotopic (exact) mass is 330 g/mol. The minimum Gasteiger partial charge on any atom is -0.481 e. The predicted octanol–water partition coefficient (Wildman–Crippen LogP) is 4.11. The molecule has 0 heterocycles. The molecule has 0 spiro atoms. The van der Waals surface area contributed by atoms with Crippen LogP contribution in [-0.2, 0) is 22.4 Å². The number of benzene rings is 1. The summed E-state index contributed by atoms with van der Waals surface area (Å²) in [4.78, 5) is 23.1. The van der Waals surface area contributed by atoms with Crippen LogP contribution in [0, 0.1) is 10.8 Å². The Morgan fingerprint density at radius 2 is 1.33 bits per heavy atom. The van der Waals surface area contributed by atoms with E-state index in [4.69, 9.17) is 0 Å². The molecule has 0 amide bonds. The second-order valence-electron chi connectivity index (χ2n) is 6.89. The topological polar surface area (TPSA) is 74.6 Å². The van der Waals surface area contributed by atoms with E-state index in [-0.39, 0.29) is 0 Å². The minimum atomic E-state index is -0.919. The van der Waals surface area contributed by atoms with E-state index >= 15 is 0 Å². The molecule has 2 atom stereocenters. The van der Waals surface area contributed by atoms with Gasteiger partial charge in [-0.2, -0.15) is 0 Å². The first-order chi connectivity index (χ1) is 11.2. The Balaban J connectivity index is 3.06. The van der Waals surface area contributed by atoms with Gasteiger partial charge in [0, 0.05) is 0 Å². The van der Waals surface area contributed by atoms with E-state index in [0.29, 0.717) is 25.7 Å². The van der Waals surface area contributed by atoms with Gasteiger partial charge < -0.3 is 10.2 Å². The van der Waals surface area contributed by atoms with E-state index in [2.05, 4.69) is 13.2 Å². The molecule has 0 radical (unpaired) electrons. The first-order valence-electron chi connectivity index (χ1n) is 7.93. The van der Waals surface area contributed by atoms with Crippen molar-refractivity contribution in [1.29, 1.82) is 0 Å². The summed E-state index contributed by atoms with van der Waals surface area (Å²) in [5, 5.41) is 19.0. The van der Waals surface area contributed by atoms with Crippen LogP contribution >= 0.6 is 0 Å². The highest BCUT2D eigenvalue weighted by Crippen LogP contribution is 2.31. The molecule has 130 valence electrons. The highest BCUT2D eigenvalue weighted by Gasteiger charge is 2.33. The van der Waals surface area contributed by atoms with Crippen molar-refractivity contribution in [3.8, 4) is 0 Å². The number of aliphatic carboxylic acids is 2. The van der Waals surface area contributed by atoms with E-state index < -0.39 is 22.8 Å². The molecule has 0 bridgehead atoms. The molecule has 0 saturated carbocycles. The molecule has 0 saturated heterocycles. The van der Waals surface area contributed by atoms with Crippen molar-refractivity contribution < 1.29 is 19.8 Å². The lowest BCUT2D eigenvalue weighted by Crippen LogP contribution is -2.30. The number of rotatable bonds is 10. The number of carboxylic acid groups (broad SMARTS) is 2. The largest absolute Gasteiger partial charge is 0.481 e. The molecule has 0 aliphatic carbocycles. The zero-order valence-corrected chi connectivity index (χ0v) is 14.4. The van der Waals surface area contributed by atoms with Crippen molar-refractivity contribution in [1.82, 2.24) is 0 Å². The standard InChI is InChI=1S/C20H26O4/c1-5-10-19(3,17(21)22)13-15-8-7-9-16(12-15)14-20(4,11-6-2)18(23)24/h5-9,12H,1-2,10-11,13-14H2,3-4H3,(H,21,22)(H,23,24). The van der Waals surface area contributed by atoms with Gasteiger partial charge in [-0.05, 0) is 50.7 Å². The van der Waals surface area contributed by atoms with Crippen LogP contribution in [0.3, 0.4) is 0 Å². The van der Waals surface area contributed by atoms with Crippen LogP contribution in [0.5, 0.6) is 0 Å². The summed E-state index contributed by atoms with van der Waals surface area (Å²) in [6.07, 6.45) is 4.71. The third kappa shape index (κ3) is 4.82. The number of hydrogen-bond acceptors (Lipinski definition) is 2. The molecule has 2 unspecified atom stereocenters. The summed E-state index contributed by atoms with van der Waals surface area (Å²) in [5.41, 5.74) is -0.0778. The van der Waals surface area contributed by atoms with Gasteiger partial charge in [0.1, 0.15) is 0 Å². The summed E-state index contributed by atoms with van der Waals surface area (Å²) in [6.45, 7) is 10.7. The van der Waals surface area contributed by atoms with Crippen molar-refractivity contribution >= 4 is 11.9 Å². The quantitative estimate of drug-likeness (QED) is 0.633. The van der Waals surface area contributed by atoms with Gasteiger partial charge in [-0.3, -0.25) is 9.59 Å². The van der Waals surface area contributed by atoms with Crippen LogP contribution < -0.4 is 0 Å². The van der Waals surface area contributed by atoms with Crippen molar-refractivity contribution in [3.63, 3.8) is 0 Å². The lowest BCUT2D eigenvalue weighted by Gasteiger charge is -2.25. The van der Waals surface area contributed by atoms with E-state index in [9.17, 15) is 19.8 Å². The highest BCUT2D eigenvalue weighted by molar-refractivity contribution is 5.75. The van der Waals surface area contributed by atoms with Crippen molar-refractivity contribution in [2.45, 2.75) is 39.5 Å². The summed E-state index contributed by atoms with van der Waals surface area (Å²) in [6, 6.07) is 7.49. The molecule has 4 nitrogen and oxygen atoms in total. The van der Waals surface area contributed by atoms with Crippen molar-refractivity contribution in [3.05, 3.63) is 60.7 Å². The molecule has 2 N–H and O–H groups in total. The van der Waals surface area contributed by atoms with Gasteiger partial charge in [-0.25, -0.2) is 0 Å². The second kappa shape index (κ2) is 7.95. The molecule has 1 aromatic rings. The SMILES string of the molecule is C=CCC(C)(Cc1cccc(CC(C)(CC=C)C(=O)O)c1)C(=O)O. The lowest BCUT2D eigenvalue weighted by molar-refractivity contribution is -0.148. The minimum absolute atomic E-state index is 0.368. The average molecular weight is 330 g/mol. The van der Waals surface area contributed by atoms with Gasteiger partial charge in [-0.1, -0.05) is 36.4 Å². The molecule has 0 aliphatic rings. The van der Waals surface area contributed by atoms with Gasteiger partial charge in [0.2, 0.25) is 0 Å². The molecule has 0 aromatic heterocycles. The molecular formula is C20H26O4. The Morgan fingerprint density at radius 3 is 1.62 bits per heavy atom. The van der Waals surface area contributed by atoms with E-state index in [1.54, 1.807) is 26.0 Å². The van der Waals surface area contributed by atoms with Crippen molar-refractivity contribution in [2.24, 2.45) is 10.8 Å². The Kier molecular flexibility index (Phi) is 6.52. The third-order valence-electron chi connectivity index (χ3n) is 4.40.